The van der Waals surface area contributed by atoms with Gasteiger partial charge in [-0.3, -0.25) is 4.79 Å². The smallest absolute Gasteiger partial charge is 0.281 e. The highest BCUT2D eigenvalue weighted by Crippen LogP contribution is 2.27. The van der Waals surface area contributed by atoms with Crippen LogP contribution in [-0.2, 0) is 14.9 Å². The van der Waals surface area contributed by atoms with E-state index in [4.69, 9.17) is 4.74 Å². The van der Waals surface area contributed by atoms with E-state index in [1.54, 1.807) is 20.2 Å². The largest absolute Gasteiger partial charge is 0.369 e. The number of amides is 1. The lowest BCUT2D eigenvalue weighted by molar-refractivity contribution is -0.00609. The predicted molar refractivity (Wildman–Crippen MR) is 103 cm³/mol. The topological polar surface area (TPSA) is 83.1 Å². The molecule has 2 aromatic rings. The van der Waals surface area contributed by atoms with E-state index in [0.29, 0.717) is 16.8 Å². The summed E-state index contributed by atoms with van der Waals surface area (Å²) in [4.78, 5) is 18.8. The molecule has 8 nitrogen and oxygen atoms in total. The van der Waals surface area contributed by atoms with Gasteiger partial charge in [0.15, 0.2) is 0 Å². The fourth-order valence-electron chi connectivity index (χ4n) is 3.02. The number of morpholine rings is 1. The highest BCUT2D eigenvalue weighted by Gasteiger charge is 2.33. The van der Waals surface area contributed by atoms with Gasteiger partial charge in [0, 0.05) is 46.7 Å². The molecule has 1 amide bonds. The number of benzene rings is 1. The number of nitrogens with zero attached hydrogens (tertiary/aromatic N) is 4. The highest BCUT2D eigenvalue weighted by molar-refractivity contribution is 7.86. The molecule has 3 rings (SSSR count). The van der Waals surface area contributed by atoms with Crippen molar-refractivity contribution in [1.29, 1.82) is 0 Å². The summed E-state index contributed by atoms with van der Waals surface area (Å²) >= 11 is 0. The van der Waals surface area contributed by atoms with Gasteiger partial charge in [-0.15, -0.1) is 0 Å². The molecular formula is C18H24N4O4S. The lowest BCUT2D eigenvalue weighted by Gasteiger charge is -2.33. The van der Waals surface area contributed by atoms with Gasteiger partial charge in [-0.2, -0.15) is 17.0 Å². The van der Waals surface area contributed by atoms with Crippen LogP contribution in [0, 0.1) is 0 Å². The Morgan fingerprint density at radius 3 is 2.59 bits per heavy atom. The summed E-state index contributed by atoms with van der Waals surface area (Å²) < 4.78 is 33.3. The fraction of sp³-hybridized carbons (Fsp3) is 0.444. The van der Waals surface area contributed by atoms with Gasteiger partial charge in [0.25, 0.3) is 16.1 Å². The van der Waals surface area contributed by atoms with E-state index in [1.165, 1.54) is 27.6 Å². The van der Waals surface area contributed by atoms with Gasteiger partial charge in [-0.25, -0.2) is 4.98 Å². The molecule has 0 radical (unpaired) electrons. The molecule has 1 unspecified atom stereocenters. The zero-order valence-corrected chi connectivity index (χ0v) is 16.7. The summed E-state index contributed by atoms with van der Waals surface area (Å²) in [5.74, 6) is -0.136. The minimum absolute atomic E-state index is 0.136. The van der Waals surface area contributed by atoms with Crippen LogP contribution in [-0.4, -0.2) is 80.7 Å². The van der Waals surface area contributed by atoms with Crippen molar-refractivity contribution in [1.82, 2.24) is 18.5 Å². The Labute approximate surface area is 159 Å². The van der Waals surface area contributed by atoms with E-state index >= 15 is 0 Å². The Bertz CT molecular complexity index is 959. The van der Waals surface area contributed by atoms with Gasteiger partial charge in [0.05, 0.1) is 23.4 Å². The van der Waals surface area contributed by atoms with Gasteiger partial charge in [0.1, 0.15) is 6.10 Å². The van der Waals surface area contributed by atoms with Crippen molar-refractivity contribution in [2.24, 2.45) is 0 Å². The van der Waals surface area contributed by atoms with Crippen LogP contribution in [0.5, 0.6) is 0 Å². The monoisotopic (exact) mass is 392 g/mol. The Morgan fingerprint density at radius 1 is 1.22 bits per heavy atom. The van der Waals surface area contributed by atoms with Crippen LogP contribution in [0.25, 0.3) is 10.9 Å². The van der Waals surface area contributed by atoms with Crippen LogP contribution in [0.2, 0.25) is 0 Å². The van der Waals surface area contributed by atoms with Crippen LogP contribution < -0.4 is 0 Å². The van der Waals surface area contributed by atoms with Crippen molar-refractivity contribution in [3.8, 4) is 0 Å². The third kappa shape index (κ3) is 3.81. The summed E-state index contributed by atoms with van der Waals surface area (Å²) in [6, 6.07) is 9.11. The van der Waals surface area contributed by atoms with Crippen LogP contribution in [0.3, 0.4) is 0 Å². The number of hydrogen-bond donors (Lipinski definition) is 0. The van der Waals surface area contributed by atoms with Crippen LogP contribution in [0.15, 0.2) is 30.3 Å². The van der Waals surface area contributed by atoms with Crippen molar-refractivity contribution in [2.45, 2.75) is 6.10 Å². The standard InChI is InChI=1S/C18H24N4O4S/c1-20(2)18(23)14-11-16(19-15-8-6-5-7-13(14)15)17-12-22(9-10-26-17)27(24,25)21(3)4/h5-8,11,17H,9-10,12H2,1-4H3. The van der Waals surface area contributed by atoms with E-state index in [9.17, 15) is 13.2 Å². The molecule has 0 saturated carbocycles. The average Bonchev–Trinajstić information content (AvgIpc) is 2.66. The minimum atomic E-state index is -3.54. The third-order valence-corrected chi connectivity index (χ3v) is 6.43. The zero-order chi connectivity index (χ0) is 19.8. The molecule has 0 spiro atoms. The van der Waals surface area contributed by atoms with E-state index < -0.39 is 16.3 Å². The summed E-state index contributed by atoms with van der Waals surface area (Å²) in [7, 11) is 2.85. The minimum Gasteiger partial charge on any atom is -0.369 e. The molecule has 1 aromatic heterocycles. The Morgan fingerprint density at radius 2 is 1.93 bits per heavy atom. The van der Waals surface area contributed by atoms with E-state index in [0.717, 1.165) is 5.39 Å². The van der Waals surface area contributed by atoms with Gasteiger partial charge in [0.2, 0.25) is 0 Å². The number of carbonyl (C=O) groups excluding carboxylic acids is 1. The van der Waals surface area contributed by atoms with Crippen molar-refractivity contribution in [2.75, 3.05) is 47.9 Å². The molecule has 1 aliphatic rings. The van der Waals surface area contributed by atoms with Crippen molar-refractivity contribution in [3.05, 3.63) is 41.6 Å². The van der Waals surface area contributed by atoms with E-state index in [2.05, 4.69) is 4.98 Å². The second-order valence-electron chi connectivity index (χ2n) is 6.82. The maximum atomic E-state index is 12.7. The molecule has 27 heavy (non-hydrogen) atoms. The van der Waals surface area contributed by atoms with Crippen molar-refractivity contribution >= 4 is 27.0 Å². The first kappa shape index (κ1) is 19.7. The summed E-state index contributed by atoms with van der Waals surface area (Å²) in [6.07, 6.45) is -0.535. The molecular weight excluding hydrogens is 368 g/mol. The van der Waals surface area contributed by atoms with Gasteiger partial charge in [-0.05, 0) is 12.1 Å². The Hall–Kier alpha value is -2.07. The molecule has 0 aliphatic carbocycles. The van der Waals surface area contributed by atoms with Crippen LogP contribution in [0.1, 0.15) is 22.2 Å². The first-order valence-electron chi connectivity index (χ1n) is 8.62. The first-order chi connectivity index (χ1) is 12.7. The summed E-state index contributed by atoms with van der Waals surface area (Å²) in [5.41, 5.74) is 1.76. The van der Waals surface area contributed by atoms with Crippen molar-refractivity contribution < 1.29 is 17.9 Å². The molecule has 1 atom stereocenters. The van der Waals surface area contributed by atoms with Gasteiger partial charge in [-0.1, -0.05) is 18.2 Å². The maximum absolute atomic E-state index is 12.7. The third-order valence-electron chi connectivity index (χ3n) is 4.52. The van der Waals surface area contributed by atoms with E-state index in [-0.39, 0.29) is 25.6 Å². The molecule has 1 saturated heterocycles. The number of rotatable bonds is 4. The molecule has 1 aliphatic heterocycles. The normalized spacial score (nSPS) is 18.8. The molecule has 2 heterocycles. The lowest BCUT2D eigenvalue weighted by atomic mass is 10.0. The average molecular weight is 392 g/mol. The quantitative estimate of drug-likeness (QED) is 0.779. The summed E-state index contributed by atoms with van der Waals surface area (Å²) in [5, 5.41) is 0.758. The molecule has 0 bridgehead atoms. The lowest BCUT2D eigenvalue weighted by Crippen LogP contribution is -2.47. The second kappa shape index (κ2) is 7.51. The number of pyridine rings is 1. The Kier molecular flexibility index (Phi) is 5.48. The molecule has 1 aromatic carbocycles. The molecule has 1 fully saturated rings. The first-order valence-corrected chi connectivity index (χ1v) is 10.0. The second-order valence-corrected chi connectivity index (χ2v) is 8.96. The molecule has 0 N–H and O–H groups in total. The number of fused-ring (bicyclic) bond motifs is 1. The van der Waals surface area contributed by atoms with Crippen molar-refractivity contribution in [3.63, 3.8) is 0 Å². The maximum Gasteiger partial charge on any atom is 0.281 e. The SMILES string of the molecule is CN(C)C(=O)c1cc(C2CN(S(=O)(=O)N(C)C)CCO2)nc2ccccc12. The number of para-hydroxylation sites is 1. The Balaban J connectivity index is 2.03. The van der Waals surface area contributed by atoms with E-state index in [1.807, 2.05) is 24.3 Å². The zero-order valence-electron chi connectivity index (χ0n) is 15.9. The number of ether oxygens (including phenoxy) is 1. The molecule has 9 heteroatoms. The van der Waals surface area contributed by atoms with Gasteiger partial charge < -0.3 is 9.64 Å². The number of aromatic nitrogens is 1. The molecule has 146 valence electrons. The highest BCUT2D eigenvalue weighted by atomic mass is 32.2. The fourth-order valence-corrected chi connectivity index (χ4v) is 4.11. The van der Waals surface area contributed by atoms with Crippen LogP contribution >= 0.6 is 0 Å². The number of carbonyl (C=O) groups is 1. The number of hydrogen-bond acceptors (Lipinski definition) is 5. The van der Waals surface area contributed by atoms with Crippen LogP contribution in [0.4, 0.5) is 0 Å². The van der Waals surface area contributed by atoms with Gasteiger partial charge >= 0.3 is 0 Å². The predicted octanol–water partition coefficient (Wildman–Crippen LogP) is 1.12. The summed E-state index contributed by atoms with van der Waals surface area (Å²) in [6.45, 7) is 0.707.